The number of nitrogens with two attached hydrogens (primary N) is 1. The number of rotatable bonds is 6. The predicted molar refractivity (Wildman–Crippen MR) is 84.2 cm³/mol. The van der Waals surface area contributed by atoms with Gasteiger partial charge in [0.25, 0.3) is 0 Å². The average Bonchev–Trinajstić information content (AvgIpc) is 2.33. The third-order valence-corrected chi connectivity index (χ3v) is 3.69. The van der Waals surface area contributed by atoms with Gasteiger partial charge in [-0.1, -0.05) is 35.3 Å². The number of carbonyl (C=O) groups is 1. The molecule has 0 heterocycles. The van der Waals surface area contributed by atoms with E-state index < -0.39 is 0 Å². The van der Waals surface area contributed by atoms with Crippen LogP contribution in [0.1, 0.15) is 38.7 Å². The van der Waals surface area contributed by atoms with Gasteiger partial charge in [0.1, 0.15) is 0 Å². The zero-order valence-corrected chi connectivity index (χ0v) is 13.5. The Morgan fingerprint density at radius 1 is 1.37 bits per heavy atom. The molecule has 2 unspecified atom stereocenters. The number of nitrogens with one attached hydrogen (secondary N) is 1. The van der Waals surface area contributed by atoms with Gasteiger partial charge in [0.2, 0.25) is 5.91 Å². The van der Waals surface area contributed by atoms with Crippen LogP contribution in [0.25, 0.3) is 0 Å². The summed E-state index contributed by atoms with van der Waals surface area (Å²) in [7, 11) is 0. The Labute approximate surface area is 124 Å². The third kappa shape index (κ3) is 5.74. The molecule has 0 aliphatic rings. The maximum absolute atomic E-state index is 12.1. The first-order valence-electron chi connectivity index (χ1n) is 6.72. The highest BCUT2D eigenvalue weighted by Crippen LogP contribution is 2.22. The molecule has 1 amide bonds. The van der Waals surface area contributed by atoms with E-state index in [9.17, 15) is 4.79 Å². The van der Waals surface area contributed by atoms with Crippen molar-refractivity contribution in [1.82, 2.24) is 0 Å². The molecule has 1 aromatic carbocycles. The van der Waals surface area contributed by atoms with E-state index in [1.54, 1.807) is 0 Å². The van der Waals surface area contributed by atoms with Crippen molar-refractivity contribution < 1.29 is 4.79 Å². The smallest absolute Gasteiger partial charge is 0.227 e. The van der Waals surface area contributed by atoms with Crippen molar-refractivity contribution in [3.8, 4) is 0 Å². The van der Waals surface area contributed by atoms with Crippen LogP contribution in [-0.2, 0) is 4.79 Å². The number of aryl methyl sites for hydroxylation is 1. The van der Waals surface area contributed by atoms with Crippen molar-refractivity contribution >= 4 is 27.5 Å². The van der Waals surface area contributed by atoms with Crippen LogP contribution in [0.15, 0.2) is 22.7 Å². The summed E-state index contributed by atoms with van der Waals surface area (Å²) in [5.41, 5.74) is 7.65. The fourth-order valence-electron chi connectivity index (χ4n) is 1.86. The van der Waals surface area contributed by atoms with E-state index in [-0.39, 0.29) is 17.9 Å². The van der Waals surface area contributed by atoms with Crippen molar-refractivity contribution in [2.75, 3.05) is 5.32 Å². The van der Waals surface area contributed by atoms with E-state index in [0.717, 1.165) is 35.0 Å². The summed E-state index contributed by atoms with van der Waals surface area (Å²) in [6, 6.07) is 6.10. The van der Waals surface area contributed by atoms with Crippen molar-refractivity contribution in [3.63, 3.8) is 0 Å². The lowest BCUT2D eigenvalue weighted by Gasteiger charge is -2.14. The number of hydrogen-bond acceptors (Lipinski definition) is 2. The lowest BCUT2D eigenvalue weighted by atomic mass is 10.0. The molecule has 0 saturated carbocycles. The van der Waals surface area contributed by atoms with Gasteiger partial charge in [0, 0.05) is 22.1 Å². The molecule has 106 valence electrons. The second-order valence-corrected chi connectivity index (χ2v) is 6.17. The van der Waals surface area contributed by atoms with E-state index in [2.05, 4.69) is 21.2 Å². The molecule has 0 saturated heterocycles. The molecular weight excluding hydrogens is 304 g/mol. The first kappa shape index (κ1) is 16.2. The lowest BCUT2D eigenvalue weighted by molar-refractivity contribution is -0.119. The highest BCUT2D eigenvalue weighted by Gasteiger charge is 2.14. The van der Waals surface area contributed by atoms with Gasteiger partial charge < -0.3 is 11.1 Å². The summed E-state index contributed by atoms with van der Waals surface area (Å²) in [5, 5.41) is 2.99. The predicted octanol–water partition coefficient (Wildman–Crippen LogP) is 3.85. The summed E-state index contributed by atoms with van der Waals surface area (Å²) >= 11 is 3.42. The van der Waals surface area contributed by atoms with Crippen LogP contribution in [0.2, 0.25) is 0 Å². The van der Waals surface area contributed by atoms with Crippen LogP contribution >= 0.6 is 15.9 Å². The molecule has 0 aromatic heterocycles. The SMILES string of the molecule is Cc1ccc(Br)cc1NC(=O)C(C)CCCC(C)N. The molecule has 0 radical (unpaired) electrons. The maximum Gasteiger partial charge on any atom is 0.227 e. The van der Waals surface area contributed by atoms with Crippen LogP contribution < -0.4 is 11.1 Å². The van der Waals surface area contributed by atoms with Gasteiger partial charge in [-0.2, -0.15) is 0 Å². The molecule has 0 aliphatic heterocycles. The Morgan fingerprint density at radius 2 is 2.05 bits per heavy atom. The standard InChI is InChI=1S/C15H23BrN2O/c1-10-7-8-13(16)9-14(10)18-15(19)11(2)5-4-6-12(3)17/h7-9,11-12H,4-6,17H2,1-3H3,(H,18,19). The molecule has 0 bridgehead atoms. The van der Waals surface area contributed by atoms with E-state index in [4.69, 9.17) is 5.73 Å². The molecule has 1 aromatic rings. The molecule has 4 heteroatoms. The Hall–Kier alpha value is -0.870. The van der Waals surface area contributed by atoms with E-state index in [1.807, 2.05) is 39.0 Å². The number of benzene rings is 1. The second-order valence-electron chi connectivity index (χ2n) is 5.26. The van der Waals surface area contributed by atoms with Gasteiger partial charge in [-0.15, -0.1) is 0 Å². The van der Waals surface area contributed by atoms with Crippen molar-refractivity contribution in [2.45, 2.75) is 46.1 Å². The number of halogens is 1. The van der Waals surface area contributed by atoms with Crippen LogP contribution in [0.4, 0.5) is 5.69 Å². The Morgan fingerprint density at radius 3 is 2.68 bits per heavy atom. The highest BCUT2D eigenvalue weighted by molar-refractivity contribution is 9.10. The fourth-order valence-corrected chi connectivity index (χ4v) is 2.22. The summed E-state index contributed by atoms with van der Waals surface area (Å²) in [4.78, 5) is 12.1. The van der Waals surface area contributed by atoms with E-state index >= 15 is 0 Å². The molecule has 0 spiro atoms. The minimum atomic E-state index is 0.0112. The Balaban J connectivity index is 2.51. The number of amides is 1. The highest BCUT2D eigenvalue weighted by atomic mass is 79.9. The Bertz CT molecular complexity index is 432. The first-order chi connectivity index (χ1) is 8.90. The first-order valence-corrected chi connectivity index (χ1v) is 7.52. The summed E-state index contributed by atoms with van der Waals surface area (Å²) in [5.74, 6) is 0.0861. The lowest BCUT2D eigenvalue weighted by Crippen LogP contribution is -2.22. The largest absolute Gasteiger partial charge is 0.328 e. The normalized spacial score (nSPS) is 13.9. The summed E-state index contributed by atoms with van der Waals surface area (Å²) in [6.07, 6.45) is 2.83. The monoisotopic (exact) mass is 326 g/mol. The summed E-state index contributed by atoms with van der Waals surface area (Å²) in [6.45, 7) is 5.95. The minimum absolute atomic E-state index is 0.0112. The number of hydrogen-bond donors (Lipinski definition) is 2. The van der Waals surface area contributed by atoms with Crippen molar-refractivity contribution in [2.24, 2.45) is 11.7 Å². The molecular formula is C15H23BrN2O. The van der Waals surface area contributed by atoms with Crippen LogP contribution in [-0.4, -0.2) is 11.9 Å². The molecule has 19 heavy (non-hydrogen) atoms. The van der Waals surface area contributed by atoms with Gasteiger partial charge in [-0.3, -0.25) is 4.79 Å². The second kappa shape index (κ2) is 7.65. The number of anilines is 1. The van der Waals surface area contributed by atoms with Gasteiger partial charge in [0.05, 0.1) is 0 Å². The van der Waals surface area contributed by atoms with Gasteiger partial charge >= 0.3 is 0 Å². The topological polar surface area (TPSA) is 55.1 Å². The fraction of sp³-hybridized carbons (Fsp3) is 0.533. The zero-order valence-electron chi connectivity index (χ0n) is 11.9. The maximum atomic E-state index is 12.1. The number of carbonyl (C=O) groups excluding carboxylic acids is 1. The van der Waals surface area contributed by atoms with Crippen LogP contribution in [0, 0.1) is 12.8 Å². The Kier molecular flexibility index (Phi) is 6.52. The minimum Gasteiger partial charge on any atom is -0.328 e. The molecule has 0 aliphatic carbocycles. The molecule has 1 rings (SSSR count). The van der Waals surface area contributed by atoms with Crippen molar-refractivity contribution in [3.05, 3.63) is 28.2 Å². The van der Waals surface area contributed by atoms with Gasteiger partial charge in [-0.05, 0) is 44.4 Å². The van der Waals surface area contributed by atoms with Gasteiger partial charge in [0.15, 0.2) is 0 Å². The van der Waals surface area contributed by atoms with Crippen molar-refractivity contribution in [1.29, 1.82) is 0 Å². The zero-order chi connectivity index (χ0) is 14.4. The van der Waals surface area contributed by atoms with E-state index in [0.29, 0.717) is 0 Å². The van der Waals surface area contributed by atoms with E-state index in [1.165, 1.54) is 0 Å². The van der Waals surface area contributed by atoms with Crippen LogP contribution in [0.3, 0.4) is 0 Å². The van der Waals surface area contributed by atoms with Crippen LogP contribution in [0.5, 0.6) is 0 Å². The molecule has 0 fully saturated rings. The van der Waals surface area contributed by atoms with Gasteiger partial charge in [-0.25, -0.2) is 0 Å². The average molecular weight is 327 g/mol. The molecule has 3 nitrogen and oxygen atoms in total. The third-order valence-electron chi connectivity index (χ3n) is 3.20. The summed E-state index contributed by atoms with van der Waals surface area (Å²) < 4.78 is 0.970. The molecule has 2 atom stereocenters. The molecule has 3 N–H and O–H groups in total. The quantitative estimate of drug-likeness (QED) is 0.834.